The van der Waals surface area contributed by atoms with Gasteiger partial charge in [-0.05, 0) is 61.9 Å². The third kappa shape index (κ3) is 7.52. The van der Waals surface area contributed by atoms with Gasteiger partial charge in [-0.2, -0.15) is 17.2 Å². The number of nitrogens with zero attached hydrogens (tertiary/aromatic N) is 2. The quantitative estimate of drug-likeness (QED) is 0.361. The standard InChI is InChI=1S/C25H30FN2O3.CH4S/c1-5-24(29)28-14-12-27(13-15-28)17-23(19-7-6-18(2)22(26)16-19)31-21-10-8-20(9-11-21)25(3,4)30;1-2/h5-11,14,16,23,30H,1,12-13,15,17H2,2-4H3;2H,1H3/q+1;. The molecule has 178 valence electrons. The van der Waals surface area contributed by atoms with Gasteiger partial charge in [0.2, 0.25) is 0 Å². The maximum Gasteiger partial charge on any atom is 0.411 e. The number of aryl methyl sites for hydroxylation is 1. The molecule has 1 atom stereocenters. The van der Waals surface area contributed by atoms with Crippen LogP contribution in [-0.4, -0.2) is 59.1 Å². The van der Waals surface area contributed by atoms with E-state index in [9.17, 15) is 14.3 Å². The average molecular weight is 474 g/mol. The van der Waals surface area contributed by atoms with Gasteiger partial charge < -0.3 is 9.84 Å². The molecular weight excluding hydrogens is 439 g/mol. The second kappa shape index (κ2) is 12.1. The molecule has 1 aliphatic heterocycles. The number of carbonyl (C=O) groups excluding carboxylic acids is 1. The van der Waals surface area contributed by atoms with E-state index in [-0.39, 0.29) is 11.7 Å². The Hall–Kier alpha value is -2.48. The Labute approximate surface area is 201 Å². The number of aliphatic hydroxyl groups is 1. The summed E-state index contributed by atoms with van der Waals surface area (Å²) in [6, 6.07) is 12.5. The lowest BCUT2D eigenvalue weighted by Crippen LogP contribution is -2.43. The van der Waals surface area contributed by atoms with Crippen molar-refractivity contribution in [2.24, 2.45) is 0 Å². The molecule has 2 aromatic carbocycles. The highest BCUT2D eigenvalue weighted by Crippen LogP contribution is 2.27. The zero-order chi connectivity index (χ0) is 24.6. The molecular formula is C26H34FN2O3S+. The second-order valence-corrected chi connectivity index (χ2v) is 8.38. The summed E-state index contributed by atoms with van der Waals surface area (Å²) < 4.78 is 22.2. The van der Waals surface area contributed by atoms with Crippen molar-refractivity contribution in [2.45, 2.75) is 32.5 Å². The molecule has 5 nitrogen and oxygen atoms in total. The van der Waals surface area contributed by atoms with Gasteiger partial charge in [-0.1, -0.05) is 30.8 Å². The fourth-order valence-electron chi connectivity index (χ4n) is 3.49. The van der Waals surface area contributed by atoms with Crippen LogP contribution in [-0.2, 0) is 10.4 Å². The Morgan fingerprint density at radius 2 is 1.97 bits per heavy atom. The Balaban J connectivity index is 0.00000187. The summed E-state index contributed by atoms with van der Waals surface area (Å²) in [5.74, 6) is 0.264. The fourth-order valence-corrected chi connectivity index (χ4v) is 3.49. The van der Waals surface area contributed by atoms with Crippen LogP contribution < -0.4 is 4.74 Å². The van der Waals surface area contributed by atoms with Crippen LogP contribution >= 0.6 is 12.6 Å². The van der Waals surface area contributed by atoms with Gasteiger partial charge in [0.15, 0.2) is 12.8 Å². The lowest BCUT2D eigenvalue weighted by molar-refractivity contribution is -0.446. The molecule has 1 aliphatic rings. The van der Waals surface area contributed by atoms with Crippen LogP contribution in [0.3, 0.4) is 0 Å². The third-order valence-corrected chi connectivity index (χ3v) is 5.51. The van der Waals surface area contributed by atoms with Crippen molar-refractivity contribution in [3.63, 3.8) is 0 Å². The Bertz CT molecular complexity index is 984. The number of benzene rings is 2. The molecule has 0 aliphatic carbocycles. The first kappa shape index (κ1) is 26.8. The van der Waals surface area contributed by atoms with Crippen molar-refractivity contribution in [1.29, 1.82) is 0 Å². The number of ether oxygens (including phenoxy) is 1. The first-order valence-corrected chi connectivity index (χ1v) is 11.8. The molecule has 1 unspecified atom stereocenters. The van der Waals surface area contributed by atoms with Crippen LogP contribution in [0.2, 0.25) is 0 Å². The molecule has 1 heterocycles. The lowest BCUT2D eigenvalue weighted by Gasteiger charge is -2.28. The van der Waals surface area contributed by atoms with Gasteiger partial charge in [-0.25, -0.2) is 9.18 Å². The van der Waals surface area contributed by atoms with E-state index in [1.807, 2.05) is 36.5 Å². The van der Waals surface area contributed by atoms with Gasteiger partial charge in [-0.15, -0.1) is 0 Å². The average Bonchev–Trinajstić information content (AvgIpc) is 2.81. The van der Waals surface area contributed by atoms with Crippen LogP contribution in [0.4, 0.5) is 4.39 Å². The molecule has 2 aromatic rings. The first-order valence-electron chi connectivity index (χ1n) is 10.9. The summed E-state index contributed by atoms with van der Waals surface area (Å²) in [5.41, 5.74) is 1.19. The first-order chi connectivity index (χ1) is 15.7. The van der Waals surface area contributed by atoms with Crippen LogP contribution in [0.5, 0.6) is 5.75 Å². The number of hydrogen-bond acceptors (Lipinski definition) is 5. The van der Waals surface area contributed by atoms with E-state index in [2.05, 4.69) is 24.1 Å². The SMILES string of the molecule is C=CC(=O)[N+]1=CCN(CC(Oc2ccc(C(C)(C)O)cc2)c2ccc(C)c(F)c2)CC1.CS. The zero-order valence-corrected chi connectivity index (χ0v) is 20.7. The van der Waals surface area contributed by atoms with Gasteiger partial charge in [0.05, 0.1) is 18.7 Å². The Kier molecular flexibility index (Phi) is 9.83. The predicted octanol–water partition coefficient (Wildman–Crippen LogP) is 4.14. The normalized spacial score (nSPS) is 15.1. The summed E-state index contributed by atoms with van der Waals surface area (Å²) in [4.78, 5) is 14.0. The van der Waals surface area contributed by atoms with E-state index < -0.39 is 11.7 Å². The van der Waals surface area contributed by atoms with Gasteiger partial charge in [0, 0.05) is 12.6 Å². The second-order valence-electron chi connectivity index (χ2n) is 8.38. The number of thiol groups is 1. The van der Waals surface area contributed by atoms with E-state index in [1.54, 1.807) is 37.7 Å². The molecule has 0 aromatic heterocycles. The van der Waals surface area contributed by atoms with Crippen molar-refractivity contribution < 1.29 is 23.6 Å². The predicted molar refractivity (Wildman–Crippen MR) is 134 cm³/mol. The lowest BCUT2D eigenvalue weighted by atomic mass is 9.98. The highest BCUT2D eigenvalue weighted by atomic mass is 32.1. The summed E-state index contributed by atoms with van der Waals surface area (Å²) in [6.07, 6.45) is 4.46. The highest BCUT2D eigenvalue weighted by molar-refractivity contribution is 7.79. The third-order valence-electron chi connectivity index (χ3n) is 5.51. The minimum atomic E-state index is -0.934. The molecule has 3 rings (SSSR count). The molecule has 33 heavy (non-hydrogen) atoms. The van der Waals surface area contributed by atoms with Crippen molar-refractivity contribution in [3.8, 4) is 5.75 Å². The smallest absolute Gasteiger partial charge is 0.411 e. The van der Waals surface area contributed by atoms with Gasteiger partial charge in [0.1, 0.15) is 17.7 Å². The molecule has 0 spiro atoms. The number of hydrogen-bond donors (Lipinski definition) is 2. The topological polar surface area (TPSA) is 52.8 Å². The number of carbonyl (C=O) groups is 1. The molecule has 0 saturated heterocycles. The van der Waals surface area contributed by atoms with Gasteiger partial charge in [0.25, 0.3) is 0 Å². The van der Waals surface area contributed by atoms with Gasteiger partial charge in [-0.3, -0.25) is 4.90 Å². The van der Waals surface area contributed by atoms with Crippen LogP contribution in [0, 0.1) is 12.7 Å². The molecule has 0 radical (unpaired) electrons. The van der Waals surface area contributed by atoms with E-state index in [4.69, 9.17) is 4.74 Å². The minimum Gasteiger partial charge on any atom is -0.484 e. The number of rotatable bonds is 7. The molecule has 1 N–H and O–H groups in total. The van der Waals surface area contributed by atoms with Crippen molar-refractivity contribution >= 4 is 24.8 Å². The highest BCUT2D eigenvalue weighted by Gasteiger charge is 2.25. The summed E-state index contributed by atoms with van der Waals surface area (Å²) in [6.45, 7) is 11.1. The molecule has 0 fully saturated rings. The van der Waals surface area contributed by atoms with Crippen LogP contribution in [0.15, 0.2) is 55.1 Å². The summed E-state index contributed by atoms with van der Waals surface area (Å²) >= 11 is 3.53. The Morgan fingerprint density at radius 3 is 2.48 bits per heavy atom. The van der Waals surface area contributed by atoms with E-state index >= 15 is 0 Å². The molecule has 0 saturated carbocycles. The minimum absolute atomic E-state index is 0.111. The van der Waals surface area contributed by atoms with Crippen LogP contribution in [0.25, 0.3) is 0 Å². The zero-order valence-electron chi connectivity index (χ0n) is 19.8. The number of amides is 1. The Morgan fingerprint density at radius 1 is 1.30 bits per heavy atom. The van der Waals surface area contributed by atoms with E-state index in [1.165, 1.54) is 12.1 Å². The van der Waals surface area contributed by atoms with Crippen molar-refractivity contribution in [2.75, 3.05) is 32.4 Å². The van der Waals surface area contributed by atoms with E-state index in [0.717, 1.165) is 11.1 Å². The van der Waals surface area contributed by atoms with Crippen molar-refractivity contribution in [3.05, 3.63) is 77.6 Å². The summed E-state index contributed by atoms with van der Waals surface area (Å²) in [7, 11) is 0. The van der Waals surface area contributed by atoms with E-state index in [0.29, 0.717) is 37.5 Å². The van der Waals surface area contributed by atoms with Gasteiger partial charge >= 0.3 is 5.91 Å². The maximum absolute atomic E-state index is 14.3. The molecule has 0 bridgehead atoms. The monoisotopic (exact) mass is 473 g/mol. The van der Waals surface area contributed by atoms with Crippen LogP contribution in [0.1, 0.15) is 36.6 Å². The largest absolute Gasteiger partial charge is 0.484 e. The fraction of sp³-hybridized carbons (Fsp3) is 0.385. The number of halogens is 1. The maximum atomic E-state index is 14.3. The van der Waals surface area contributed by atoms with Crippen molar-refractivity contribution in [1.82, 2.24) is 4.90 Å². The summed E-state index contributed by atoms with van der Waals surface area (Å²) in [5, 5.41) is 10.2. The molecule has 1 amide bonds. The molecule has 7 heteroatoms.